The largest absolute Gasteiger partial charge is 0.399 e. The number of rotatable bonds is 3. The topological polar surface area (TPSA) is 73.3 Å². The molecule has 0 spiro atoms. The van der Waals surface area contributed by atoms with E-state index in [-0.39, 0.29) is 11.4 Å². The van der Waals surface area contributed by atoms with Crippen LogP contribution in [0, 0.1) is 12.7 Å². The molecule has 0 aliphatic rings. The normalized spacial score (nSPS) is 11.1. The first-order valence-electron chi connectivity index (χ1n) is 6.07. The number of anilines is 1. The molecule has 2 aromatic heterocycles. The Balaban J connectivity index is 1.85. The summed E-state index contributed by atoms with van der Waals surface area (Å²) >= 11 is 2.63. The van der Waals surface area contributed by atoms with E-state index in [9.17, 15) is 9.18 Å². The van der Waals surface area contributed by atoms with Gasteiger partial charge in [0, 0.05) is 22.3 Å². The molecule has 0 aliphatic carbocycles. The third-order valence-electron chi connectivity index (χ3n) is 2.72. The number of aromatic nitrogens is 3. The summed E-state index contributed by atoms with van der Waals surface area (Å²) in [5.74, 6) is 0.111. The van der Waals surface area contributed by atoms with Crippen LogP contribution in [0.1, 0.15) is 10.7 Å². The average molecular weight is 322 g/mol. The third kappa shape index (κ3) is 2.91. The quantitative estimate of drug-likeness (QED) is 0.592. The first kappa shape index (κ1) is 14.0. The maximum atomic E-state index is 13.7. The minimum absolute atomic E-state index is 0.205. The van der Waals surface area contributed by atoms with Crippen LogP contribution in [0.25, 0.3) is 4.96 Å². The molecule has 2 heterocycles. The second-order valence-corrected chi connectivity index (χ2v) is 6.46. The number of hydrogen-bond donors (Lipinski definition) is 1. The van der Waals surface area contributed by atoms with Gasteiger partial charge in [-0.2, -0.15) is 9.61 Å². The zero-order valence-electron chi connectivity index (χ0n) is 11.0. The number of nitrogens with two attached hydrogens (primary N) is 1. The van der Waals surface area contributed by atoms with Gasteiger partial charge in [0.15, 0.2) is 0 Å². The van der Waals surface area contributed by atoms with Crippen LogP contribution in [0.5, 0.6) is 0 Å². The molecule has 0 saturated heterocycles. The summed E-state index contributed by atoms with van der Waals surface area (Å²) in [7, 11) is 0. The van der Waals surface area contributed by atoms with Crippen LogP contribution in [-0.4, -0.2) is 14.6 Å². The molecule has 0 atom stereocenters. The van der Waals surface area contributed by atoms with Crippen molar-refractivity contribution in [1.29, 1.82) is 0 Å². The second kappa shape index (κ2) is 5.45. The van der Waals surface area contributed by atoms with Gasteiger partial charge in [-0.25, -0.2) is 9.37 Å². The maximum absolute atomic E-state index is 13.7. The van der Waals surface area contributed by atoms with E-state index >= 15 is 0 Å². The van der Waals surface area contributed by atoms with E-state index in [4.69, 9.17) is 5.73 Å². The number of benzene rings is 1. The summed E-state index contributed by atoms with van der Waals surface area (Å²) in [6, 6.07) is 6.01. The smallest absolute Gasteiger partial charge is 0.275 e. The monoisotopic (exact) mass is 322 g/mol. The van der Waals surface area contributed by atoms with Crippen LogP contribution < -0.4 is 11.3 Å². The molecule has 1 aromatic carbocycles. The van der Waals surface area contributed by atoms with Gasteiger partial charge < -0.3 is 5.73 Å². The fourth-order valence-electron chi connectivity index (χ4n) is 1.79. The number of hydrogen-bond acceptors (Lipinski definition) is 6. The predicted molar refractivity (Wildman–Crippen MR) is 82.2 cm³/mol. The van der Waals surface area contributed by atoms with Crippen LogP contribution in [0.2, 0.25) is 0 Å². The minimum atomic E-state index is -0.354. The molecule has 21 heavy (non-hydrogen) atoms. The number of thioether (sulfide) groups is 1. The van der Waals surface area contributed by atoms with Crippen molar-refractivity contribution in [3.8, 4) is 0 Å². The average Bonchev–Trinajstić information content (AvgIpc) is 2.81. The van der Waals surface area contributed by atoms with Gasteiger partial charge in [-0.15, -0.1) is 11.8 Å². The molecule has 8 heteroatoms. The van der Waals surface area contributed by atoms with Gasteiger partial charge >= 0.3 is 0 Å². The second-order valence-electron chi connectivity index (χ2n) is 4.40. The Hall–Kier alpha value is -1.93. The van der Waals surface area contributed by atoms with Crippen molar-refractivity contribution >= 4 is 33.7 Å². The summed E-state index contributed by atoms with van der Waals surface area (Å²) in [4.78, 5) is 17.1. The van der Waals surface area contributed by atoms with E-state index in [0.717, 1.165) is 0 Å². The van der Waals surface area contributed by atoms with E-state index in [1.165, 1.54) is 39.7 Å². The Bertz CT molecular complexity index is 874. The standard InChI is InChI=1S/C13H11FN4OS2/c1-7-4-12(19)18-13(16-7)21-11(17-18)6-20-10-3-2-8(15)5-9(10)14/h2-5H,6,15H2,1H3. The van der Waals surface area contributed by atoms with E-state index in [1.807, 2.05) is 0 Å². The first-order valence-corrected chi connectivity index (χ1v) is 7.87. The first-order chi connectivity index (χ1) is 10.0. The molecule has 3 rings (SSSR count). The highest BCUT2D eigenvalue weighted by molar-refractivity contribution is 7.98. The molecule has 0 bridgehead atoms. The van der Waals surface area contributed by atoms with Crippen LogP contribution in [0.4, 0.5) is 10.1 Å². The highest BCUT2D eigenvalue weighted by Crippen LogP contribution is 2.28. The fraction of sp³-hybridized carbons (Fsp3) is 0.154. The van der Waals surface area contributed by atoms with Crippen molar-refractivity contribution in [2.75, 3.05) is 5.73 Å². The summed E-state index contributed by atoms with van der Waals surface area (Å²) in [5.41, 5.74) is 6.36. The molecule has 0 radical (unpaired) electrons. The van der Waals surface area contributed by atoms with Crippen molar-refractivity contribution in [1.82, 2.24) is 14.6 Å². The molecule has 0 unspecified atom stereocenters. The summed E-state index contributed by atoms with van der Waals surface area (Å²) in [6.45, 7) is 1.76. The Morgan fingerprint density at radius 1 is 1.43 bits per heavy atom. The van der Waals surface area contributed by atoms with Gasteiger partial charge in [0.25, 0.3) is 5.56 Å². The van der Waals surface area contributed by atoms with Gasteiger partial charge in [0.2, 0.25) is 4.96 Å². The number of aryl methyl sites for hydroxylation is 1. The van der Waals surface area contributed by atoms with E-state index in [1.54, 1.807) is 19.1 Å². The van der Waals surface area contributed by atoms with Gasteiger partial charge in [-0.05, 0) is 25.1 Å². The summed E-state index contributed by atoms with van der Waals surface area (Å²) in [6.07, 6.45) is 0. The van der Waals surface area contributed by atoms with Crippen molar-refractivity contribution < 1.29 is 4.39 Å². The molecule has 2 N–H and O–H groups in total. The highest BCUT2D eigenvalue weighted by Gasteiger charge is 2.10. The zero-order chi connectivity index (χ0) is 15.0. The fourth-order valence-corrected chi connectivity index (χ4v) is 3.64. The van der Waals surface area contributed by atoms with Crippen molar-refractivity contribution in [2.24, 2.45) is 0 Å². The van der Waals surface area contributed by atoms with Crippen molar-refractivity contribution in [3.05, 3.63) is 51.1 Å². The SMILES string of the molecule is Cc1cc(=O)n2nc(CSc3ccc(N)cc3F)sc2n1. The van der Waals surface area contributed by atoms with Crippen LogP contribution in [0.3, 0.4) is 0 Å². The van der Waals surface area contributed by atoms with Gasteiger partial charge in [0.1, 0.15) is 10.8 Å². The minimum Gasteiger partial charge on any atom is -0.399 e. The Kier molecular flexibility index (Phi) is 3.64. The van der Waals surface area contributed by atoms with Gasteiger partial charge in [-0.1, -0.05) is 11.3 Å². The molecule has 0 saturated carbocycles. The maximum Gasteiger partial charge on any atom is 0.275 e. The van der Waals surface area contributed by atoms with E-state index < -0.39 is 0 Å². The summed E-state index contributed by atoms with van der Waals surface area (Å²) < 4.78 is 15.0. The number of nitrogen functional groups attached to an aromatic ring is 1. The lowest BCUT2D eigenvalue weighted by Crippen LogP contribution is -2.14. The molecule has 0 amide bonds. The van der Waals surface area contributed by atoms with Crippen molar-refractivity contribution in [2.45, 2.75) is 17.6 Å². The van der Waals surface area contributed by atoms with Crippen LogP contribution >= 0.6 is 23.1 Å². The molecule has 0 aliphatic heterocycles. The highest BCUT2D eigenvalue weighted by atomic mass is 32.2. The predicted octanol–water partition coefficient (Wildman–Crippen LogP) is 2.47. The van der Waals surface area contributed by atoms with E-state index in [0.29, 0.717) is 32.0 Å². The third-order valence-corrected chi connectivity index (χ3v) is 4.87. The van der Waals surface area contributed by atoms with E-state index in [2.05, 4.69) is 10.1 Å². The van der Waals surface area contributed by atoms with Gasteiger partial charge in [0.05, 0.1) is 5.75 Å². The number of nitrogens with zero attached hydrogens (tertiary/aromatic N) is 3. The summed E-state index contributed by atoms with van der Waals surface area (Å²) in [5, 5.41) is 4.92. The molecule has 108 valence electrons. The Morgan fingerprint density at radius 3 is 3.00 bits per heavy atom. The molecular weight excluding hydrogens is 311 g/mol. The zero-order valence-corrected chi connectivity index (χ0v) is 12.7. The molecular formula is C13H11FN4OS2. The molecule has 3 aromatic rings. The molecule has 5 nitrogen and oxygen atoms in total. The van der Waals surface area contributed by atoms with Gasteiger partial charge in [-0.3, -0.25) is 4.79 Å². The number of halogens is 1. The lowest BCUT2D eigenvalue weighted by atomic mass is 10.3. The lowest BCUT2D eigenvalue weighted by molar-refractivity contribution is 0.602. The molecule has 0 fully saturated rings. The van der Waals surface area contributed by atoms with Crippen LogP contribution in [0.15, 0.2) is 34.0 Å². The Labute approximate surface area is 127 Å². The Morgan fingerprint density at radius 2 is 2.24 bits per heavy atom. The van der Waals surface area contributed by atoms with Crippen molar-refractivity contribution in [3.63, 3.8) is 0 Å². The lowest BCUT2D eigenvalue weighted by Gasteiger charge is -2.01. The number of fused-ring (bicyclic) bond motifs is 1. The van der Waals surface area contributed by atoms with Crippen LogP contribution in [-0.2, 0) is 5.75 Å².